The number of rotatable bonds is 0. The summed E-state index contributed by atoms with van der Waals surface area (Å²) in [5.74, 6) is 0. The third kappa shape index (κ3) is 1.17. The fourth-order valence-corrected chi connectivity index (χ4v) is 0.295. The van der Waals surface area contributed by atoms with Crippen molar-refractivity contribution in [2.75, 3.05) is 6.67 Å². The van der Waals surface area contributed by atoms with Crippen LogP contribution in [0.4, 0.5) is 0 Å². The predicted octanol–water partition coefficient (Wildman–Crippen LogP) is 0.0297. The van der Waals surface area contributed by atoms with Crippen molar-refractivity contribution in [1.82, 2.24) is 10.6 Å². The molecule has 1 aliphatic rings. The molecule has 0 saturated heterocycles. The Balaban J connectivity index is 0.000000250. The van der Waals surface area contributed by atoms with Crippen molar-refractivity contribution in [3.8, 4) is 0 Å². The molecule has 0 aromatic carbocycles. The van der Waals surface area contributed by atoms with E-state index in [1.54, 1.807) is 0 Å². The summed E-state index contributed by atoms with van der Waals surface area (Å²) in [6.07, 6.45) is 3.75. The Kier molecular flexibility index (Phi) is 2.67. The fourth-order valence-electron chi connectivity index (χ4n) is 0.295. The van der Waals surface area contributed by atoms with E-state index in [0.29, 0.717) is 0 Å². The van der Waals surface area contributed by atoms with Gasteiger partial charge >= 0.3 is 0 Å². The van der Waals surface area contributed by atoms with Gasteiger partial charge in [-0.1, -0.05) is 0 Å². The molecule has 2 N–H and O–H groups in total. The topological polar surface area (TPSA) is 24.1 Å². The van der Waals surface area contributed by atoms with Crippen LogP contribution in [0, 0.1) is 0 Å². The number of halogens is 1. The zero-order valence-electron chi connectivity index (χ0n) is 3.27. The Morgan fingerprint density at radius 2 is 1.67 bits per heavy atom. The lowest BCUT2D eigenvalue weighted by molar-refractivity contribution is 0.836. The molecule has 0 aromatic heterocycles. The van der Waals surface area contributed by atoms with Crippen LogP contribution < -0.4 is 10.6 Å². The summed E-state index contributed by atoms with van der Waals surface area (Å²) in [5.41, 5.74) is 0. The Bertz CT molecular complexity index is 46.8. The molecule has 0 fully saturated rings. The Hall–Kier alpha value is -0.370. The molecule has 0 saturated carbocycles. The largest absolute Gasteiger partial charge is 0.373 e. The highest BCUT2D eigenvalue weighted by Crippen LogP contribution is 1.65. The van der Waals surface area contributed by atoms with Gasteiger partial charge in [-0.2, -0.15) is 0 Å². The van der Waals surface area contributed by atoms with Crippen molar-refractivity contribution in [3.63, 3.8) is 0 Å². The molecule has 0 radical (unpaired) electrons. The van der Waals surface area contributed by atoms with Gasteiger partial charge in [0.1, 0.15) is 0 Å². The van der Waals surface area contributed by atoms with Crippen LogP contribution in [0.2, 0.25) is 0 Å². The van der Waals surface area contributed by atoms with Gasteiger partial charge in [-0.15, -0.1) is 12.4 Å². The maximum absolute atomic E-state index is 2.93. The number of hydrogen-bond acceptors (Lipinski definition) is 2. The molecule has 3 heteroatoms. The highest BCUT2D eigenvalue weighted by atomic mass is 35.5. The summed E-state index contributed by atoms with van der Waals surface area (Å²) < 4.78 is 0. The molecule has 0 spiro atoms. The summed E-state index contributed by atoms with van der Waals surface area (Å²) in [7, 11) is 0. The quantitative estimate of drug-likeness (QED) is 0.455. The van der Waals surface area contributed by atoms with Crippen molar-refractivity contribution in [2.24, 2.45) is 0 Å². The van der Waals surface area contributed by atoms with Crippen LogP contribution >= 0.6 is 12.4 Å². The third-order valence-electron chi connectivity index (χ3n) is 0.523. The second kappa shape index (κ2) is 2.85. The van der Waals surface area contributed by atoms with Gasteiger partial charge in [0, 0.05) is 12.4 Å². The van der Waals surface area contributed by atoms with Crippen molar-refractivity contribution < 1.29 is 0 Å². The Labute approximate surface area is 43.0 Å². The maximum atomic E-state index is 2.93. The van der Waals surface area contributed by atoms with Crippen molar-refractivity contribution in [3.05, 3.63) is 12.4 Å². The van der Waals surface area contributed by atoms with E-state index in [1.807, 2.05) is 12.4 Å². The molecule has 0 atom stereocenters. The monoisotopic (exact) mass is 106 g/mol. The normalized spacial score (nSPS) is 14.7. The van der Waals surface area contributed by atoms with E-state index in [0.717, 1.165) is 6.67 Å². The van der Waals surface area contributed by atoms with Gasteiger partial charge in [0.15, 0.2) is 0 Å². The smallest absolute Gasteiger partial charge is 0.0840 e. The molecule has 0 unspecified atom stereocenters. The number of nitrogens with one attached hydrogen (secondary N) is 2. The lowest BCUT2D eigenvalue weighted by Crippen LogP contribution is -2.10. The summed E-state index contributed by atoms with van der Waals surface area (Å²) in [6.45, 7) is 0.889. The van der Waals surface area contributed by atoms with Gasteiger partial charge in [0.05, 0.1) is 6.67 Å². The van der Waals surface area contributed by atoms with E-state index >= 15 is 0 Å². The second-order valence-electron chi connectivity index (χ2n) is 0.918. The molecule has 0 amide bonds. The summed E-state index contributed by atoms with van der Waals surface area (Å²) in [5, 5.41) is 5.86. The molecule has 0 bridgehead atoms. The zero-order valence-corrected chi connectivity index (χ0v) is 4.09. The maximum Gasteiger partial charge on any atom is 0.0840 e. The highest BCUT2D eigenvalue weighted by Gasteiger charge is 1.77. The van der Waals surface area contributed by atoms with Crippen LogP contribution in [-0.4, -0.2) is 6.67 Å². The minimum atomic E-state index is 0. The molecule has 36 valence electrons. The van der Waals surface area contributed by atoms with Gasteiger partial charge in [-0.05, 0) is 0 Å². The Morgan fingerprint density at radius 1 is 1.17 bits per heavy atom. The SMILES string of the molecule is C1=CNCN1.Cl. The van der Waals surface area contributed by atoms with Gasteiger partial charge < -0.3 is 10.6 Å². The van der Waals surface area contributed by atoms with E-state index in [9.17, 15) is 0 Å². The summed E-state index contributed by atoms with van der Waals surface area (Å²) in [4.78, 5) is 0. The molecule has 2 nitrogen and oxygen atoms in total. The van der Waals surface area contributed by atoms with E-state index in [-0.39, 0.29) is 12.4 Å². The Morgan fingerprint density at radius 3 is 1.83 bits per heavy atom. The predicted molar refractivity (Wildman–Crippen MR) is 27.5 cm³/mol. The zero-order chi connectivity index (χ0) is 3.54. The third-order valence-corrected chi connectivity index (χ3v) is 0.523. The van der Waals surface area contributed by atoms with E-state index < -0.39 is 0 Å². The van der Waals surface area contributed by atoms with E-state index in [4.69, 9.17) is 0 Å². The van der Waals surface area contributed by atoms with Crippen LogP contribution in [-0.2, 0) is 0 Å². The van der Waals surface area contributed by atoms with Crippen LogP contribution in [0.5, 0.6) is 0 Å². The fraction of sp³-hybridized carbons (Fsp3) is 0.333. The van der Waals surface area contributed by atoms with Crippen molar-refractivity contribution in [1.29, 1.82) is 0 Å². The van der Waals surface area contributed by atoms with Gasteiger partial charge in [0.25, 0.3) is 0 Å². The lowest BCUT2D eigenvalue weighted by atomic mass is 11.0. The van der Waals surface area contributed by atoms with E-state index in [1.165, 1.54) is 0 Å². The van der Waals surface area contributed by atoms with Gasteiger partial charge in [-0.3, -0.25) is 0 Å². The minimum absolute atomic E-state index is 0. The molecule has 0 aliphatic carbocycles. The molecular weight excluding hydrogens is 99.5 g/mol. The first-order valence-corrected chi connectivity index (χ1v) is 1.62. The lowest BCUT2D eigenvalue weighted by Gasteiger charge is -1.82. The van der Waals surface area contributed by atoms with Crippen LogP contribution in [0.1, 0.15) is 0 Å². The van der Waals surface area contributed by atoms with Gasteiger partial charge in [0.2, 0.25) is 0 Å². The first kappa shape index (κ1) is 5.63. The molecule has 1 rings (SSSR count). The molecule has 0 aromatic rings. The van der Waals surface area contributed by atoms with Gasteiger partial charge in [-0.25, -0.2) is 0 Å². The standard InChI is InChI=1S/C3H6N2.ClH/c1-2-5-3-4-1;/h1-2,4-5H,3H2;1H. The molecular formula is C3H7ClN2. The minimum Gasteiger partial charge on any atom is -0.373 e. The average Bonchev–Trinajstić information content (AvgIpc) is 1.76. The molecule has 1 aliphatic heterocycles. The molecule has 1 heterocycles. The summed E-state index contributed by atoms with van der Waals surface area (Å²) >= 11 is 0. The van der Waals surface area contributed by atoms with Crippen LogP contribution in [0.25, 0.3) is 0 Å². The van der Waals surface area contributed by atoms with Crippen LogP contribution in [0.15, 0.2) is 12.4 Å². The van der Waals surface area contributed by atoms with Crippen LogP contribution in [0.3, 0.4) is 0 Å². The first-order chi connectivity index (χ1) is 2.50. The first-order valence-electron chi connectivity index (χ1n) is 1.62. The van der Waals surface area contributed by atoms with E-state index in [2.05, 4.69) is 10.6 Å². The molecule has 6 heavy (non-hydrogen) atoms. The second-order valence-corrected chi connectivity index (χ2v) is 0.918. The van der Waals surface area contributed by atoms with Crippen molar-refractivity contribution in [2.45, 2.75) is 0 Å². The summed E-state index contributed by atoms with van der Waals surface area (Å²) in [6, 6.07) is 0. The average molecular weight is 107 g/mol. The highest BCUT2D eigenvalue weighted by molar-refractivity contribution is 5.85. The number of hydrogen-bond donors (Lipinski definition) is 2. The van der Waals surface area contributed by atoms with Crippen molar-refractivity contribution >= 4 is 12.4 Å².